The quantitative estimate of drug-likeness (QED) is 0.332. The molecule has 0 spiro atoms. The van der Waals surface area contributed by atoms with Gasteiger partial charge in [0, 0.05) is 0 Å². The Hall–Kier alpha value is -1.98. The number of hydrogen-bond acceptors (Lipinski definition) is 1. The van der Waals surface area contributed by atoms with Gasteiger partial charge in [-0.05, 0) is 0 Å². The molecule has 0 saturated carbocycles. The van der Waals surface area contributed by atoms with Crippen LogP contribution < -0.4 is 26.1 Å². The van der Waals surface area contributed by atoms with Gasteiger partial charge in [-0.1, -0.05) is 0 Å². The molecule has 5 heteroatoms. The molecular formula is C24H21NOP2Se. The van der Waals surface area contributed by atoms with Crippen LogP contribution in [0.25, 0.3) is 0 Å². The summed E-state index contributed by atoms with van der Waals surface area (Å²) in [5, 5.41) is 3.85. The SMILES string of the molecule is O=P(NP(=[Se])(c1ccccc1)c1ccccc1)(c1ccccc1)c1ccccc1. The van der Waals surface area contributed by atoms with E-state index in [2.05, 4.69) is 44.2 Å². The van der Waals surface area contributed by atoms with Gasteiger partial charge < -0.3 is 0 Å². The van der Waals surface area contributed by atoms with Gasteiger partial charge >= 0.3 is 180 Å². The van der Waals surface area contributed by atoms with Gasteiger partial charge in [-0.2, -0.15) is 0 Å². The summed E-state index contributed by atoms with van der Waals surface area (Å²) in [7, 11) is -3.11. The zero-order valence-corrected chi connectivity index (χ0v) is 19.3. The minimum atomic E-state index is -3.11. The van der Waals surface area contributed by atoms with E-state index in [1.54, 1.807) is 0 Å². The average Bonchev–Trinajstić information content (AvgIpc) is 2.81. The summed E-state index contributed by atoms with van der Waals surface area (Å²) in [5.41, 5.74) is -2.26. The molecule has 2 nitrogen and oxygen atoms in total. The molecule has 0 aliphatic heterocycles. The van der Waals surface area contributed by atoms with Crippen molar-refractivity contribution in [3.05, 3.63) is 121 Å². The summed E-state index contributed by atoms with van der Waals surface area (Å²) in [6.07, 6.45) is 0. The van der Waals surface area contributed by atoms with Crippen molar-refractivity contribution >= 4 is 49.3 Å². The van der Waals surface area contributed by atoms with Crippen LogP contribution in [0.3, 0.4) is 0 Å². The van der Waals surface area contributed by atoms with Gasteiger partial charge in [0.05, 0.1) is 0 Å². The molecule has 4 rings (SSSR count). The van der Waals surface area contributed by atoms with E-state index in [4.69, 9.17) is 0 Å². The molecule has 0 atom stereocenters. The van der Waals surface area contributed by atoms with Crippen LogP contribution in [0, 0.1) is 0 Å². The van der Waals surface area contributed by atoms with Gasteiger partial charge in [-0.25, -0.2) is 0 Å². The topological polar surface area (TPSA) is 29.1 Å². The predicted octanol–water partition coefficient (Wildman–Crippen LogP) is 4.17. The second kappa shape index (κ2) is 8.80. The summed E-state index contributed by atoms with van der Waals surface area (Å²) >= 11 is 3.45. The summed E-state index contributed by atoms with van der Waals surface area (Å²) in [6.45, 7) is 0. The average molecular weight is 480 g/mol. The van der Waals surface area contributed by atoms with Gasteiger partial charge in [0.25, 0.3) is 0 Å². The Labute approximate surface area is 179 Å². The Balaban J connectivity index is 1.93. The molecule has 4 aromatic rings. The van der Waals surface area contributed by atoms with Crippen molar-refractivity contribution in [2.24, 2.45) is 0 Å². The van der Waals surface area contributed by atoms with E-state index in [1.165, 1.54) is 0 Å². The van der Waals surface area contributed by atoms with Gasteiger partial charge in [0.15, 0.2) is 0 Å². The Kier molecular flexibility index (Phi) is 6.16. The monoisotopic (exact) mass is 481 g/mol. The van der Waals surface area contributed by atoms with Crippen LogP contribution >= 0.6 is 13.0 Å². The first-order valence-corrected chi connectivity index (χ1v) is 15.1. The van der Waals surface area contributed by atoms with Gasteiger partial charge in [-0.3, -0.25) is 0 Å². The van der Waals surface area contributed by atoms with Crippen molar-refractivity contribution in [1.29, 1.82) is 0 Å². The zero-order chi connectivity index (χ0) is 20.2. The van der Waals surface area contributed by atoms with E-state index in [-0.39, 0.29) is 0 Å². The summed E-state index contributed by atoms with van der Waals surface area (Å²) in [6, 6.07) is 40.0. The molecule has 0 heterocycles. The molecule has 0 amide bonds. The summed E-state index contributed by atoms with van der Waals surface area (Å²) in [4.78, 5) is 3.68. The second-order valence-corrected chi connectivity index (χ2v) is 15.4. The molecular weight excluding hydrogens is 459 g/mol. The normalized spacial score (nSPS) is 11.9. The molecule has 0 aliphatic carbocycles. The number of benzene rings is 4. The van der Waals surface area contributed by atoms with Crippen molar-refractivity contribution in [3.63, 3.8) is 0 Å². The van der Waals surface area contributed by atoms with Crippen LogP contribution in [0.15, 0.2) is 121 Å². The Morgan fingerprint density at radius 2 is 0.759 bits per heavy atom. The van der Waals surface area contributed by atoms with Crippen molar-refractivity contribution in [3.8, 4) is 0 Å². The van der Waals surface area contributed by atoms with Crippen LogP contribution in [-0.2, 0) is 4.57 Å². The van der Waals surface area contributed by atoms with Gasteiger partial charge in [0.2, 0.25) is 0 Å². The molecule has 0 fully saturated rings. The molecule has 29 heavy (non-hydrogen) atoms. The van der Waals surface area contributed by atoms with Crippen LogP contribution in [0.5, 0.6) is 0 Å². The standard InChI is InChI=1S/C24H21NOP2Se/c26-27(21-13-5-1-6-14-21,22-15-7-2-8-16-22)25-28(29,23-17-9-3-10-18-23)24-19-11-4-12-20-24/h1-20H,(H,25,26,29). The van der Waals surface area contributed by atoms with Crippen molar-refractivity contribution < 1.29 is 4.57 Å². The second-order valence-electron chi connectivity index (χ2n) is 6.66. The molecule has 0 bridgehead atoms. The van der Waals surface area contributed by atoms with Crippen molar-refractivity contribution in [2.45, 2.75) is 0 Å². The molecule has 0 saturated heterocycles. The molecule has 0 radical (unpaired) electrons. The Morgan fingerprint density at radius 3 is 1.07 bits per heavy atom. The third-order valence-electron chi connectivity index (χ3n) is 4.76. The maximum absolute atomic E-state index is 14.7. The number of nitrogens with one attached hydrogen (secondary N) is 1. The number of hydrogen-bond donors (Lipinski definition) is 1. The fourth-order valence-corrected chi connectivity index (χ4v) is 13.4. The third kappa shape index (κ3) is 4.17. The van der Waals surface area contributed by atoms with E-state index in [9.17, 15) is 4.57 Å². The van der Waals surface area contributed by atoms with E-state index < -0.39 is 13.0 Å². The first-order chi connectivity index (χ1) is 14.1. The predicted molar refractivity (Wildman–Crippen MR) is 128 cm³/mol. The van der Waals surface area contributed by atoms with E-state index in [0.29, 0.717) is 0 Å². The Bertz CT molecular complexity index is 985. The fourth-order valence-electron chi connectivity index (χ4n) is 3.28. The first kappa shape index (κ1) is 20.3. The third-order valence-corrected chi connectivity index (χ3v) is 15.3. The molecule has 144 valence electrons. The van der Waals surface area contributed by atoms with Crippen molar-refractivity contribution in [1.82, 2.24) is 4.86 Å². The first-order valence-electron chi connectivity index (χ1n) is 9.35. The van der Waals surface area contributed by atoms with Crippen LogP contribution in [0.2, 0.25) is 0 Å². The summed E-state index contributed by atoms with van der Waals surface area (Å²) in [5.74, 6) is 0. The van der Waals surface area contributed by atoms with Gasteiger partial charge in [-0.15, -0.1) is 0 Å². The number of rotatable bonds is 6. The molecule has 0 unspecified atom stereocenters. The van der Waals surface area contributed by atoms with Crippen LogP contribution in [-0.4, -0.2) is 15.1 Å². The fraction of sp³-hybridized carbons (Fsp3) is 0. The van der Waals surface area contributed by atoms with Crippen LogP contribution in [0.4, 0.5) is 0 Å². The molecule has 1 N–H and O–H groups in total. The molecule has 0 aromatic heterocycles. The van der Waals surface area contributed by atoms with E-state index in [1.807, 2.05) is 97.1 Å². The van der Waals surface area contributed by atoms with Crippen LogP contribution in [0.1, 0.15) is 0 Å². The van der Waals surface area contributed by atoms with E-state index >= 15 is 0 Å². The van der Waals surface area contributed by atoms with Crippen molar-refractivity contribution in [2.75, 3.05) is 0 Å². The summed E-state index contributed by atoms with van der Waals surface area (Å²) < 4.78 is 14.7. The minimum absolute atomic E-state index is 0.803. The van der Waals surface area contributed by atoms with E-state index in [0.717, 1.165) is 21.2 Å². The molecule has 4 aromatic carbocycles. The molecule has 0 aliphatic rings. The van der Waals surface area contributed by atoms with Gasteiger partial charge in [0.1, 0.15) is 0 Å². The zero-order valence-electron chi connectivity index (χ0n) is 15.8. The Morgan fingerprint density at radius 1 is 0.483 bits per heavy atom. The maximum atomic E-state index is 14.7.